The third-order valence-corrected chi connectivity index (χ3v) is 34.2. The maximum Gasteiger partial charge on any atom is 0.335 e. The molecule has 10 N–H and O–H groups in total. The Labute approximate surface area is 910 Å². The lowest BCUT2D eigenvalue weighted by molar-refractivity contribution is -0.141. The summed E-state index contributed by atoms with van der Waals surface area (Å²) >= 11 is 41.8. The normalized spacial score (nSPS) is 18.8. The van der Waals surface area contributed by atoms with Gasteiger partial charge in [0.1, 0.15) is 117 Å². The van der Waals surface area contributed by atoms with Gasteiger partial charge in [0.2, 0.25) is 5.91 Å². The number of ether oxygens (including phenoxy) is 1. The maximum absolute atomic E-state index is 13.1. The van der Waals surface area contributed by atoms with Gasteiger partial charge in [0.25, 0.3) is 51.8 Å². The van der Waals surface area contributed by atoms with E-state index >= 15 is 0 Å². The van der Waals surface area contributed by atoms with Gasteiger partial charge in [-0.1, -0.05) is 241 Å². The molecule has 12 rings (SSSR count). The number of aliphatic carboxylic acids is 9. The molecule has 0 saturated carbocycles. The topological polar surface area (TPSA) is 595 Å². The number of hydrogen-bond donors (Lipinski definition) is 10. The first-order valence-corrected chi connectivity index (χ1v) is 53.7. The van der Waals surface area contributed by atoms with Crippen LogP contribution in [0.1, 0.15) is 91.6 Å². The van der Waals surface area contributed by atoms with Crippen molar-refractivity contribution in [2.75, 3.05) is 59.0 Å². The third-order valence-electron chi connectivity index (χ3n) is 18.8. The largest absolute Gasteiger partial charge is 0.481 e. The number of aromatic carboxylic acids is 1. The van der Waals surface area contributed by atoms with E-state index in [1.54, 1.807) is 103 Å². The molecule has 0 spiro atoms. The van der Waals surface area contributed by atoms with Crippen molar-refractivity contribution in [2.45, 2.75) is 113 Å². The van der Waals surface area contributed by atoms with Crippen molar-refractivity contribution in [3.8, 4) is 0 Å². The Balaban J connectivity index is 0.000000267. The van der Waals surface area contributed by atoms with Crippen LogP contribution >= 0.6 is 201 Å². The Hall–Kier alpha value is -11.7. The molecule has 7 fully saturated rings. The Morgan fingerprint density at radius 2 is 0.796 bits per heavy atom. The molecule has 2 unspecified atom stereocenters. The fourth-order valence-corrected chi connectivity index (χ4v) is 26.0. The number of benzene rings is 1. The molecule has 11 heterocycles. The Morgan fingerprint density at radius 3 is 1.22 bits per heavy atom. The number of thiocarbonyl (C=S) groups is 6. The second kappa shape index (κ2) is 58.9. The first kappa shape index (κ1) is 124. The number of rotatable bonds is 30. The molecule has 42 nitrogen and oxygen atoms in total. The van der Waals surface area contributed by atoms with Crippen LogP contribution in [0, 0.1) is 9.20 Å². The maximum atomic E-state index is 13.1. The highest BCUT2D eigenvalue weighted by atomic mass is 32.2. The molecule has 5 aromatic rings. The van der Waals surface area contributed by atoms with E-state index in [2.05, 4.69) is 0 Å². The number of hydrogen-bond acceptors (Lipinski definition) is 39. The van der Waals surface area contributed by atoms with Crippen LogP contribution in [0.15, 0.2) is 129 Å². The number of carbonyl (C=O) groups excluding carboxylic acids is 6. The smallest absolute Gasteiger partial charge is 0.335 e. The molecule has 147 heavy (non-hydrogen) atoms. The molecule has 7 saturated heterocycles. The SMILES string of the molecule is C/C=C1\CN(CC(=O)O)/C(=C2/SC(=S)N(CC(=O)O)C2=O)S1.C/C=c1/s/c(=C2\SC(=S)N(CC(=O)O)C2=O)n(CC)c1=O.C/C=c1/s/c(=c2\s/c(=C3\SC(=S)N(CC(=O)O)C3=O)n(CC(=O)O)c2=O)n(CC(=O)O)c1=O.C/C=c1/sc(=CC(OCC)C2SC(=S)N(CC(=O)O)C2=O)n(CC)c1=O.CC=C/C=C1/SC(=S)N(CC(=O)O)C1=O.CC=C/C=C1/SC(=S)N(CCC(=O)O)C1=O.CC=CC=Cc1ccc(C(=O)O)cc1. The zero-order valence-corrected chi connectivity index (χ0v) is 92.3. The summed E-state index contributed by atoms with van der Waals surface area (Å²) in [6.07, 6.45) is 25.9. The highest BCUT2D eigenvalue weighted by Crippen LogP contribution is 2.46. The van der Waals surface area contributed by atoms with Crippen molar-refractivity contribution in [3.05, 3.63) is 199 Å². The molecule has 7 aliphatic rings. The van der Waals surface area contributed by atoms with Crippen molar-refractivity contribution < 1.29 is 133 Å². The molecule has 2 atom stereocenters. The Morgan fingerprint density at radius 1 is 0.401 bits per heavy atom. The standard InChI is InChI=1S/C17H13N3O9S4.C16H20N2O5S3.C12H12N2O5S3.C12H12N2O4S3.C12H12O2.C10H11NO3S2.C9H9NO3S2/c1-2-6-12(27)18(3-7(21)22)15(31-6)10-13(28)19(4-8(23)24)16(32-10)11-14(29)20(5-9(25)26)17(30)33-11;1-4-10-14(21)17(5-2)11(25-10)7-9(23-6-3)13-15(22)18(8-12(19)20)16(24)26-13;1-2-6-3-13(4-7(15)16)11(21-6)9-10(19)14(5-8(17)18)12(20)22-9;1-3-6-9(17)13(4-2)11(20-6)8-10(18)14(5-7(15)16)12(19)21-8;1-2-3-4-5-10-6-8-11(9-7-10)12(13)14;1-2-3-4-7-9(14)11(10(15)16-7)6-5-8(12)13;1-2-3-4-6-8(13)10(5-7(11)12)9(14)15-6/h2H,3-5H2,1H3,(H,21,22)(H,23,24)(H,25,26);4,7,9,13H,5-6,8H2,1-3H3,(H,19,20);2H,3-5H2,1H3,(H,15,16)(H,17,18);3H,4-5H2,1-2H3,(H,15,16);2-9H,1H3,(H,13,14);2-4H,5-6H2,1H3,(H,12,13);2-4H,5H2,1H3,(H,11,12)/b6-2+,15-10-,16-11-;10-4+,11-7?;6-2+,11-9-;6-3+,11-8-;;3-2?,7-4+;3-2?,6-4+. The van der Waals surface area contributed by atoms with Gasteiger partial charge in [0, 0.05) is 31.1 Å². The molecular weight excluding hydrogens is 2250 g/mol. The summed E-state index contributed by atoms with van der Waals surface area (Å²) in [6.45, 7) is 15.6. The lowest BCUT2D eigenvalue weighted by Gasteiger charge is -2.18. The molecule has 59 heteroatoms. The van der Waals surface area contributed by atoms with Gasteiger partial charge >= 0.3 is 59.7 Å². The van der Waals surface area contributed by atoms with E-state index < -0.39 is 139 Å². The Kier molecular flexibility index (Phi) is 49.7. The summed E-state index contributed by atoms with van der Waals surface area (Å²) in [5.74, 6) is -14.1. The van der Waals surface area contributed by atoms with Gasteiger partial charge in [-0.15, -0.1) is 45.3 Å². The van der Waals surface area contributed by atoms with Crippen LogP contribution in [0.2, 0.25) is 0 Å². The van der Waals surface area contributed by atoms with E-state index in [0.29, 0.717) is 97.4 Å². The fraction of sp³-hybridized carbons (Fsp3) is 0.295. The van der Waals surface area contributed by atoms with E-state index in [9.17, 15) is 106 Å². The van der Waals surface area contributed by atoms with E-state index in [-0.39, 0.29) is 105 Å². The van der Waals surface area contributed by atoms with Crippen LogP contribution in [0.3, 0.4) is 0 Å². The van der Waals surface area contributed by atoms with Crippen LogP contribution in [-0.2, 0) is 103 Å². The van der Waals surface area contributed by atoms with Crippen molar-refractivity contribution in [2.24, 2.45) is 0 Å². The minimum Gasteiger partial charge on any atom is -0.481 e. The number of nitrogens with zero attached hydrogens (tertiary/aromatic N) is 11. The van der Waals surface area contributed by atoms with Crippen LogP contribution in [0.5, 0.6) is 0 Å². The third kappa shape index (κ3) is 33.9. The van der Waals surface area contributed by atoms with Crippen molar-refractivity contribution >= 4 is 362 Å². The molecular formula is C88H89N11O31S17. The number of amides is 6. The van der Waals surface area contributed by atoms with E-state index in [1.807, 2.05) is 84.9 Å². The van der Waals surface area contributed by atoms with Gasteiger partial charge in [-0.25, -0.2) is 4.79 Å². The predicted octanol–water partition coefficient (Wildman–Crippen LogP) is 5.74. The number of carboxylic acid groups (broad SMARTS) is 10. The summed E-state index contributed by atoms with van der Waals surface area (Å²) in [5.41, 5.74) is -0.393. The number of allylic oxidation sites excluding steroid dienone is 10. The van der Waals surface area contributed by atoms with Gasteiger partial charge < -0.3 is 60.7 Å². The van der Waals surface area contributed by atoms with Crippen LogP contribution in [0.4, 0.5) is 0 Å². The molecule has 0 bridgehead atoms. The minimum atomic E-state index is -1.39. The lowest BCUT2D eigenvalue weighted by atomic mass is 10.1. The second-order valence-corrected chi connectivity index (χ2v) is 44.0. The van der Waals surface area contributed by atoms with Crippen molar-refractivity contribution in [3.63, 3.8) is 0 Å². The van der Waals surface area contributed by atoms with Crippen LogP contribution < -0.4 is 49.8 Å². The number of aromatic nitrogens is 4. The van der Waals surface area contributed by atoms with Crippen molar-refractivity contribution in [1.29, 1.82) is 0 Å². The average Bonchev–Trinajstić information content (AvgIpc) is 1.59. The van der Waals surface area contributed by atoms with Gasteiger partial charge in [-0.05, 0) is 105 Å². The summed E-state index contributed by atoms with van der Waals surface area (Å²) in [6, 6.07) is 6.75. The molecule has 0 radical (unpaired) electrons. The van der Waals surface area contributed by atoms with Crippen LogP contribution in [-0.4, -0.2) is 295 Å². The summed E-state index contributed by atoms with van der Waals surface area (Å²) in [4.78, 5) is 243. The monoisotopic (exact) mass is 2340 g/mol. The molecule has 0 aliphatic carbocycles. The minimum absolute atomic E-state index is 0.00287. The number of carboxylic acids is 10. The van der Waals surface area contributed by atoms with Gasteiger partial charge in [-0.3, -0.25) is 139 Å². The zero-order chi connectivity index (χ0) is 110. The van der Waals surface area contributed by atoms with E-state index in [1.165, 1.54) is 61.7 Å². The molecule has 784 valence electrons. The first-order valence-electron chi connectivity index (χ1n) is 42.2. The lowest BCUT2D eigenvalue weighted by Crippen LogP contribution is -2.40. The molecule has 7 aliphatic heterocycles. The highest BCUT2D eigenvalue weighted by molar-refractivity contribution is 8.31. The van der Waals surface area contributed by atoms with Crippen LogP contribution in [0.25, 0.3) is 40.2 Å². The number of thiazole rings is 4. The quantitative estimate of drug-likeness (QED) is 0.0149. The molecule has 4 aromatic heterocycles. The second-order valence-electron chi connectivity index (χ2n) is 28.7. The van der Waals surface area contributed by atoms with E-state index in [4.69, 9.17) is 119 Å². The Bertz CT molecular complexity index is 7270. The van der Waals surface area contributed by atoms with Gasteiger partial charge in [0.15, 0.2) is 0 Å². The summed E-state index contributed by atoms with van der Waals surface area (Å²) in [5, 5.41) is 88.7. The molecule has 1 aromatic carbocycles. The highest BCUT2D eigenvalue weighted by Gasteiger charge is 2.45. The number of thioether (sulfide) groups is 7. The predicted molar refractivity (Wildman–Crippen MR) is 590 cm³/mol. The average molecular weight is 2340 g/mol. The van der Waals surface area contributed by atoms with E-state index in [0.717, 1.165) is 102 Å². The van der Waals surface area contributed by atoms with Crippen molar-refractivity contribution in [1.82, 2.24) is 52.6 Å². The first-order chi connectivity index (χ1) is 69.4. The zero-order valence-electron chi connectivity index (χ0n) is 78.4. The fourth-order valence-electron chi connectivity index (χ4n) is 12.3. The number of carbonyl (C=O) groups is 16. The summed E-state index contributed by atoms with van der Waals surface area (Å²) in [7, 11) is 0. The van der Waals surface area contributed by atoms with Gasteiger partial charge in [-0.2, -0.15) is 0 Å². The summed E-state index contributed by atoms with van der Waals surface area (Å²) < 4.78 is 14.1. The molecule has 6 amide bonds. The van der Waals surface area contributed by atoms with Gasteiger partial charge in [0.05, 0.1) is 57.7 Å².